The van der Waals surface area contributed by atoms with Gasteiger partial charge in [-0.1, -0.05) is 6.92 Å². The standard InChI is InChI=1S/C14H22N2O2/c1-3-11-7-8-13(18-11)12-6-4-5-9-16(12)14(17)10(2)15/h7-8,10,12H,3-6,9,15H2,1-2H3. The number of hydrogen-bond acceptors (Lipinski definition) is 3. The molecule has 4 nitrogen and oxygen atoms in total. The fraction of sp³-hybridized carbons (Fsp3) is 0.643. The summed E-state index contributed by atoms with van der Waals surface area (Å²) >= 11 is 0. The number of carbonyl (C=O) groups is 1. The van der Waals surface area contributed by atoms with E-state index in [9.17, 15) is 4.79 Å². The SMILES string of the molecule is CCc1ccc(C2CCCCN2C(=O)C(C)N)o1. The van der Waals surface area contributed by atoms with Crippen LogP contribution in [0.4, 0.5) is 0 Å². The van der Waals surface area contributed by atoms with Crippen molar-refractivity contribution in [1.29, 1.82) is 0 Å². The molecule has 0 aromatic carbocycles. The third kappa shape index (κ3) is 2.58. The summed E-state index contributed by atoms with van der Waals surface area (Å²) in [5.74, 6) is 1.90. The highest BCUT2D eigenvalue weighted by atomic mass is 16.3. The molecule has 1 aromatic heterocycles. The molecule has 1 saturated heterocycles. The Kier molecular flexibility index (Phi) is 4.07. The molecule has 2 unspecified atom stereocenters. The van der Waals surface area contributed by atoms with Gasteiger partial charge in [-0.2, -0.15) is 0 Å². The van der Waals surface area contributed by atoms with Crippen LogP contribution in [0.2, 0.25) is 0 Å². The van der Waals surface area contributed by atoms with Crippen molar-refractivity contribution in [2.45, 2.75) is 51.6 Å². The minimum Gasteiger partial charge on any atom is -0.464 e. The van der Waals surface area contributed by atoms with Crippen LogP contribution in [0.15, 0.2) is 16.5 Å². The number of rotatable bonds is 3. The van der Waals surface area contributed by atoms with Crippen LogP contribution in [0.3, 0.4) is 0 Å². The van der Waals surface area contributed by atoms with E-state index in [2.05, 4.69) is 6.92 Å². The molecule has 2 atom stereocenters. The first-order chi connectivity index (χ1) is 8.63. The van der Waals surface area contributed by atoms with E-state index >= 15 is 0 Å². The molecule has 2 rings (SSSR count). The number of amides is 1. The van der Waals surface area contributed by atoms with Crippen LogP contribution in [0, 0.1) is 0 Å². The van der Waals surface area contributed by atoms with Crippen molar-refractivity contribution in [3.05, 3.63) is 23.7 Å². The van der Waals surface area contributed by atoms with E-state index in [0.717, 1.165) is 43.7 Å². The molecule has 1 aliphatic heterocycles. The fourth-order valence-electron chi connectivity index (χ4n) is 2.52. The Morgan fingerprint density at radius 2 is 2.33 bits per heavy atom. The molecule has 0 bridgehead atoms. The second-order valence-electron chi connectivity index (χ2n) is 4.99. The van der Waals surface area contributed by atoms with Crippen LogP contribution in [0.25, 0.3) is 0 Å². The minimum absolute atomic E-state index is 0.0224. The lowest BCUT2D eigenvalue weighted by molar-refractivity contribution is -0.136. The number of piperidine rings is 1. The number of nitrogens with two attached hydrogens (primary N) is 1. The van der Waals surface area contributed by atoms with Crippen molar-refractivity contribution in [2.24, 2.45) is 5.73 Å². The molecule has 100 valence electrons. The summed E-state index contributed by atoms with van der Waals surface area (Å²) in [5.41, 5.74) is 5.72. The lowest BCUT2D eigenvalue weighted by Crippen LogP contribution is -2.46. The fourth-order valence-corrected chi connectivity index (χ4v) is 2.52. The van der Waals surface area contributed by atoms with Gasteiger partial charge in [-0.05, 0) is 38.3 Å². The maximum Gasteiger partial charge on any atom is 0.239 e. The van der Waals surface area contributed by atoms with Gasteiger partial charge in [0.1, 0.15) is 11.5 Å². The summed E-state index contributed by atoms with van der Waals surface area (Å²) in [4.78, 5) is 14.0. The number of carbonyl (C=O) groups excluding carboxylic acids is 1. The average Bonchev–Trinajstić information content (AvgIpc) is 2.86. The Hall–Kier alpha value is -1.29. The van der Waals surface area contributed by atoms with Crippen LogP contribution in [-0.4, -0.2) is 23.4 Å². The molecular weight excluding hydrogens is 228 g/mol. The summed E-state index contributed by atoms with van der Waals surface area (Å²) in [7, 11) is 0. The largest absolute Gasteiger partial charge is 0.464 e. The van der Waals surface area contributed by atoms with Crippen molar-refractivity contribution >= 4 is 5.91 Å². The van der Waals surface area contributed by atoms with Gasteiger partial charge in [0.2, 0.25) is 5.91 Å². The van der Waals surface area contributed by atoms with Gasteiger partial charge in [-0.3, -0.25) is 4.79 Å². The maximum atomic E-state index is 12.1. The van der Waals surface area contributed by atoms with Crippen molar-refractivity contribution < 1.29 is 9.21 Å². The lowest BCUT2D eigenvalue weighted by atomic mass is 9.99. The highest BCUT2D eigenvalue weighted by Crippen LogP contribution is 2.32. The molecule has 0 saturated carbocycles. The van der Waals surface area contributed by atoms with Gasteiger partial charge in [-0.15, -0.1) is 0 Å². The predicted molar refractivity (Wildman–Crippen MR) is 70.0 cm³/mol. The van der Waals surface area contributed by atoms with Crippen molar-refractivity contribution in [3.63, 3.8) is 0 Å². The molecule has 1 aromatic rings. The molecule has 0 radical (unpaired) electrons. The smallest absolute Gasteiger partial charge is 0.239 e. The molecule has 1 fully saturated rings. The number of aryl methyl sites for hydroxylation is 1. The first-order valence-corrected chi connectivity index (χ1v) is 6.78. The van der Waals surface area contributed by atoms with Gasteiger partial charge < -0.3 is 15.1 Å². The quantitative estimate of drug-likeness (QED) is 0.895. The Bertz CT molecular complexity index is 412. The number of nitrogens with zero attached hydrogens (tertiary/aromatic N) is 1. The molecular formula is C14H22N2O2. The minimum atomic E-state index is -0.439. The lowest BCUT2D eigenvalue weighted by Gasteiger charge is -2.35. The van der Waals surface area contributed by atoms with E-state index in [1.165, 1.54) is 0 Å². The van der Waals surface area contributed by atoms with E-state index < -0.39 is 6.04 Å². The Balaban J connectivity index is 2.19. The average molecular weight is 250 g/mol. The van der Waals surface area contributed by atoms with Gasteiger partial charge in [0, 0.05) is 13.0 Å². The molecule has 0 spiro atoms. The van der Waals surface area contributed by atoms with E-state index in [1.54, 1.807) is 6.92 Å². The normalized spacial score (nSPS) is 21.9. The number of likely N-dealkylation sites (tertiary alicyclic amines) is 1. The van der Waals surface area contributed by atoms with E-state index in [1.807, 2.05) is 17.0 Å². The highest BCUT2D eigenvalue weighted by Gasteiger charge is 2.31. The van der Waals surface area contributed by atoms with Crippen molar-refractivity contribution in [1.82, 2.24) is 4.90 Å². The van der Waals surface area contributed by atoms with Crippen LogP contribution in [0.1, 0.15) is 50.7 Å². The molecule has 1 aliphatic rings. The Morgan fingerprint density at radius 3 is 2.94 bits per heavy atom. The summed E-state index contributed by atoms with van der Waals surface area (Å²) in [6.45, 7) is 4.59. The second kappa shape index (κ2) is 5.57. The van der Waals surface area contributed by atoms with Crippen LogP contribution < -0.4 is 5.73 Å². The number of hydrogen-bond donors (Lipinski definition) is 1. The van der Waals surface area contributed by atoms with Crippen molar-refractivity contribution in [2.75, 3.05) is 6.54 Å². The topological polar surface area (TPSA) is 59.5 Å². The van der Waals surface area contributed by atoms with E-state index in [0.29, 0.717) is 0 Å². The van der Waals surface area contributed by atoms with Crippen LogP contribution >= 0.6 is 0 Å². The third-order valence-electron chi connectivity index (χ3n) is 3.53. The first kappa shape index (κ1) is 13.1. The molecule has 18 heavy (non-hydrogen) atoms. The summed E-state index contributed by atoms with van der Waals surface area (Å²) in [6.07, 6.45) is 4.04. The second-order valence-corrected chi connectivity index (χ2v) is 4.99. The highest BCUT2D eigenvalue weighted by molar-refractivity contribution is 5.81. The molecule has 2 N–H and O–H groups in total. The van der Waals surface area contributed by atoms with Crippen LogP contribution in [0.5, 0.6) is 0 Å². The monoisotopic (exact) mass is 250 g/mol. The van der Waals surface area contributed by atoms with Gasteiger partial charge in [0.15, 0.2) is 0 Å². The summed E-state index contributed by atoms with van der Waals surface area (Å²) in [5, 5.41) is 0. The maximum absolute atomic E-state index is 12.1. The molecule has 2 heterocycles. The molecule has 4 heteroatoms. The van der Waals surface area contributed by atoms with Crippen molar-refractivity contribution in [3.8, 4) is 0 Å². The zero-order chi connectivity index (χ0) is 13.1. The first-order valence-electron chi connectivity index (χ1n) is 6.78. The Morgan fingerprint density at radius 1 is 1.56 bits per heavy atom. The predicted octanol–water partition coefficient (Wildman–Crippen LogP) is 2.24. The van der Waals surface area contributed by atoms with Crippen LogP contribution in [-0.2, 0) is 11.2 Å². The molecule has 0 aliphatic carbocycles. The van der Waals surface area contributed by atoms with E-state index in [-0.39, 0.29) is 11.9 Å². The van der Waals surface area contributed by atoms with Gasteiger partial charge in [0.25, 0.3) is 0 Å². The summed E-state index contributed by atoms with van der Waals surface area (Å²) in [6, 6.07) is 3.62. The zero-order valence-corrected chi connectivity index (χ0v) is 11.2. The van der Waals surface area contributed by atoms with Gasteiger partial charge >= 0.3 is 0 Å². The van der Waals surface area contributed by atoms with Gasteiger partial charge in [-0.25, -0.2) is 0 Å². The zero-order valence-electron chi connectivity index (χ0n) is 11.2. The van der Waals surface area contributed by atoms with Gasteiger partial charge in [0.05, 0.1) is 12.1 Å². The Labute approximate surface area is 108 Å². The number of furan rings is 1. The van der Waals surface area contributed by atoms with E-state index in [4.69, 9.17) is 10.2 Å². The third-order valence-corrected chi connectivity index (χ3v) is 3.53. The molecule has 1 amide bonds. The summed E-state index contributed by atoms with van der Waals surface area (Å²) < 4.78 is 5.80.